The van der Waals surface area contributed by atoms with Crippen LogP contribution in [0.1, 0.15) is 43.8 Å². The van der Waals surface area contributed by atoms with Crippen LogP contribution in [0.15, 0.2) is 24.3 Å². The highest BCUT2D eigenvalue weighted by molar-refractivity contribution is 5.78. The fraction of sp³-hybridized carbons (Fsp3) is 0.562. The summed E-state index contributed by atoms with van der Waals surface area (Å²) in [5.41, 5.74) is 1.09. The minimum absolute atomic E-state index is 0.0320. The van der Waals surface area contributed by atoms with Crippen LogP contribution in [0.4, 0.5) is 5.69 Å². The molecule has 1 aromatic carbocycles. The van der Waals surface area contributed by atoms with Crippen LogP contribution in [-0.4, -0.2) is 17.3 Å². The molecular formula is C16H19NO4. The first-order chi connectivity index (χ1) is 10.1. The Labute approximate surface area is 123 Å². The van der Waals surface area contributed by atoms with Crippen molar-refractivity contribution in [1.29, 1.82) is 0 Å². The minimum Gasteiger partial charge on any atom is -0.373 e. The molecule has 112 valence electrons. The summed E-state index contributed by atoms with van der Waals surface area (Å²) in [4.78, 5) is 22.1. The lowest BCUT2D eigenvalue weighted by atomic mass is 9.77. The van der Waals surface area contributed by atoms with Crippen molar-refractivity contribution in [2.75, 3.05) is 6.61 Å². The molecule has 0 N–H and O–H groups in total. The summed E-state index contributed by atoms with van der Waals surface area (Å²) in [5, 5.41) is 10.7. The van der Waals surface area contributed by atoms with Crippen LogP contribution >= 0.6 is 0 Å². The topological polar surface area (TPSA) is 69.4 Å². The van der Waals surface area contributed by atoms with E-state index in [0.717, 1.165) is 24.8 Å². The van der Waals surface area contributed by atoms with E-state index in [0.29, 0.717) is 37.1 Å². The zero-order valence-electron chi connectivity index (χ0n) is 11.9. The first-order valence-corrected chi connectivity index (χ1v) is 7.53. The normalized spacial score (nSPS) is 29.5. The number of carbonyl (C=O) groups is 1. The Morgan fingerprint density at radius 3 is 2.67 bits per heavy atom. The van der Waals surface area contributed by atoms with Crippen molar-refractivity contribution < 1.29 is 14.5 Å². The second-order valence-electron chi connectivity index (χ2n) is 5.99. The Hall–Kier alpha value is -1.75. The van der Waals surface area contributed by atoms with Crippen molar-refractivity contribution in [3.63, 3.8) is 0 Å². The van der Waals surface area contributed by atoms with Crippen LogP contribution in [0.25, 0.3) is 0 Å². The van der Waals surface area contributed by atoms with Gasteiger partial charge in [0.05, 0.1) is 11.0 Å². The predicted molar refractivity (Wildman–Crippen MR) is 76.9 cm³/mol. The number of nitro benzene ring substituents is 1. The number of Topliss-reactive ketones (excluding diaryl/α,β-unsaturated/α-hetero) is 1. The lowest BCUT2D eigenvalue weighted by molar-refractivity contribution is -0.384. The van der Waals surface area contributed by atoms with E-state index >= 15 is 0 Å². The third-order valence-corrected chi connectivity index (χ3v) is 4.70. The molecule has 3 rings (SSSR count). The number of ether oxygens (including phenoxy) is 1. The largest absolute Gasteiger partial charge is 0.373 e. The SMILES string of the molecule is O=C1CCC[C@@H]2[C@H](CCO[C@H]2c2ccc([N+](=O)[O-])cc2)C1. The van der Waals surface area contributed by atoms with Crippen LogP contribution < -0.4 is 0 Å². The van der Waals surface area contributed by atoms with Gasteiger partial charge in [0.25, 0.3) is 5.69 Å². The number of carbonyl (C=O) groups excluding carboxylic acids is 1. The number of fused-ring (bicyclic) bond motifs is 1. The average Bonchev–Trinajstić information content (AvgIpc) is 2.67. The van der Waals surface area contributed by atoms with Gasteiger partial charge < -0.3 is 4.74 Å². The molecule has 5 nitrogen and oxygen atoms in total. The van der Waals surface area contributed by atoms with Gasteiger partial charge in [-0.05, 0) is 48.8 Å². The number of hydrogen-bond acceptors (Lipinski definition) is 4. The molecule has 0 unspecified atom stereocenters. The molecule has 1 saturated carbocycles. The summed E-state index contributed by atoms with van der Waals surface area (Å²) in [5.74, 6) is 1.12. The van der Waals surface area contributed by atoms with Gasteiger partial charge in [-0.25, -0.2) is 0 Å². The maximum atomic E-state index is 11.8. The summed E-state index contributed by atoms with van der Waals surface area (Å²) in [6, 6.07) is 6.64. The molecule has 2 fully saturated rings. The monoisotopic (exact) mass is 289 g/mol. The van der Waals surface area contributed by atoms with E-state index in [-0.39, 0.29) is 11.8 Å². The van der Waals surface area contributed by atoms with Crippen LogP contribution in [0.5, 0.6) is 0 Å². The smallest absolute Gasteiger partial charge is 0.269 e. The molecule has 0 spiro atoms. The van der Waals surface area contributed by atoms with Crippen LogP contribution in [0, 0.1) is 22.0 Å². The molecule has 0 aromatic heterocycles. The standard InChI is InChI=1S/C16H19NO4/c18-14-2-1-3-15-12(10-14)8-9-21-16(15)11-4-6-13(7-5-11)17(19)20/h4-7,12,15-16H,1-3,8-10H2/t12-,15-,16+/m1/s1. The van der Waals surface area contributed by atoms with Gasteiger partial charge in [-0.1, -0.05) is 0 Å². The fourth-order valence-corrected chi connectivity index (χ4v) is 3.63. The van der Waals surface area contributed by atoms with Gasteiger partial charge in [-0.3, -0.25) is 14.9 Å². The molecule has 0 amide bonds. The molecule has 0 radical (unpaired) electrons. The Balaban J connectivity index is 1.83. The number of hydrogen-bond donors (Lipinski definition) is 0. The molecule has 1 aliphatic carbocycles. The minimum atomic E-state index is -0.390. The highest BCUT2D eigenvalue weighted by atomic mass is 16.6. The van der Waals surface area contributed by atoms with Crippen LogP contribution in [-0.2, 0) is 9.53 Å². The summed E-state index contributed by atoms with van der Waals surface area (Å²) >= 11 is 0. The van der Waals surface area contributed by atoms with Crippen molar-refractivity contribution >= 4 is 11.5 Å². The van der Waals surface area contributed by atoms with Gasteiger partial charge in [0.1, 0.15) is 5.78 Å². The number of ketones is 1. The van der Waals surface area contributed by atoms with Crippen LogP contribution in [0.3, 0.4) is 0 Å². The number of nitrogens with zero attached hydrogens (tertiary/aromatic N) is 1. The van der Waals surface area contributed by atoms with Crippen molar-refractivity contribution in [3.05, 3.63) is 39.9 Å². The van der Waals surface area contributed by atoms with E-state index in [1.54, 1.807) is 12.1 Å². The molecule has 1 heterocycles. The van der Waals surface area contributed by atoms with E-state index < -0.39 is 4.92 Å². The summed E-state index contributed by atoms with van der Waals surface area (Å²) in [6.45, 7) is 0.663. The molecule has 1 saturated heterocycles. The van der Waals surface area contributed by atoms with E-state index in [2.05, 4.69) is 0 Å². The Kier molecular flexibility index (Phi) is 4.01. The van der Waals surface area contributed by atoms with Gasteiger partial charge in [0.2, 0.25) is 0 Å². The van der Waals surface area contributed by atoms with E-state index in [9.17, 15) is 14.9 Å². The van der Waals surface area contributed by atoms with E-state index in [1.807, 2.05) is 0 Å². The van der Waals surface area contributed by atoms with E-state index in [4.69, 9.17) is 4.74 Å². The van der Waals surface area contributed by atoms with Gasteiger partial charge >= 0.3 is 0 Å². The van der Waals surface area contributed by atoms with Crippen LogP contribution in [0.2, 0.25) is 0 Å². The lowest BCUT2D eigenvalue weighted by Crippen LogP contribution is -2.30. The Morgan fingerprint density at radius 1 is 1.19 bits per heavy atom. The third-order valence-electron chi connectivity index (χ3n) is 4.70. The van der Waals surface area contributed by atoms with Crippen molar-refractivity contribution in [3.8, 4) is 0 Å². The fourth-order valence-electron chi connectivity index (χ4n) is 3.63. The van der Waals surface area contributed by atoms with E-state index in [1.165, 1.54) is 12.1 Å². The number of nitro groups is 1. The van der Waals surface area contributed by atoms with Gasteiger partial charge in [0, 0.05) is 31.6 Å². The number of non-ortho nitro benzene ring substituents is 1. The van der Waals surface area contributed by atoms with Gasteiger partial charge in [-0.15, -0.1) is 0 Å². The van der Waals surface area contributed by atoms with Gasteiger partial charge in [-0.2, -0.15) is 0 Å². The van der Waals surface area contributed by atoms with Gasteiger partial charge in [0.15, 0.2) is 0 Å². The zero-order chi connectivity index (χ0) is 14.8. The Morgan fingerprint density at radius 2 is 1.95 bits per heavy atom. The summed E-state index contributed by atoms with van der Waals surface area (Å²) < 4.78 is 5.94. The second kappa shape index (κ2) is 5.93. The third kappa shape index (κ3) is 2.97. The first-order valence-electron chi connectivity index (χ1n) is 7.53. The highest BCUT2D eigenvalue weighted by Crippen LogP contribution is 2.43. The maximum Gasteiger partial charge on any atom is 0.269 e. The van der Waals surface area contributed by atoms with Crippen molar-refractivity contribution in [2.24, 2.45) is 11.8 Å². The summed E-state index contributed by atoms with van der Waals surface area (Å²) in [7, 11) is 0. The van der Waals surface area contributed by atoms with Crippen molar-refractivity contribution in [2.45, 2.75) is 38.2 Å². The maximum absolute atomic E-state index is 11.8. The predicted octanol–water partition coefficient (Wildman–Crippen LogP) is 3.43. The first kappa shape index (κ1) is 14.2. The quantitative estimate of drug-likeness (QED) is 0.617. The molecule has 2 aliphatic rings. The number of rotatable bonds is 2. The molecular weight excluding hydrogens is 270 g/mol. The average molecular weight is 289 g/mol. The Bertz CT molecular complexity index is 540. The molecule has 1 aliphatic heterocycles. The number of benzene rings is 1. The molecule has 21 heavy (non-hydrogen) atoms. The highest BCUT2D eigenvalue weighted by Gasteiger charge is 2.37. The molecule has 5 heteroatoms. The molecule has 3 atom stereocenters. The zero-order valence-corrected chi connectivity index (χ0v) is 11.9. The molecule has 1 aromatic rings. The summed E-state index contributed by atoms with van der Waals surface area (Å²) in [6.07, 6.45) is 4.18. The molecule has 0 bridgehead atoms. The lowest BCUT2D eigenvalue weighted by Gasteiger charge is -2.37. The second-order valence-corrected chi connectivity index (χ2v) is 5.99. The van der Waals surface area contributed by atoms with Crippen molar-refractivity contribution in [1.82, 2.24) is 0 Å².